The van der Waals surface area contributed by atoms with E-state index in [9.17, 15) is 14.0 Å². The van der Waals surface area contributed by atoms with Crippen molar-refractivity contribution in [2.24, 2.45) is 0 Å². The van der Waals surface area contributed by atoms with Crippen molar-refractivity contribution in [3.63, 3.8) is 0 Å². The fourth-order valence-corrected chi connectivity index (χ4v) is 3.24. The van der Waals surface area contributed by atoms with Gasteiger partial charge in [-0.25, -0.2) is 14.2 Å². The maximum Gasteiger partial charge on any atom is 0.332 e. The van der Waals surface area contributed by atoms with Crippen LogP contribution in [-0.4, -0.2) is 25.3 Å². The van der Waals surface area contributed by atoms with Gasteiger partial charge in [0.2, 0.25) is 0 Å². The number of hydrogen-bond acceptors (Lipinski definition) is 4. The van der Waals surface area contributed by atoms with Gasteiger partial charge < -0.3 is 9.30 Å². The molecule has 0 fully saturated rings. The fraction of sp³-hybridized carbons (Fsp3) is 0.476. The van der Waals surface area contributed by atoms with E-state index in [4.69, 9.17) is 4.74 Å². The zero-order valence-electron chi connectivity index (χ0n) is 16.9. The average Bonchev–Trinajstić information content (AvgIpc) is 3.14. The highest BCUT2D eigenvalue weighted by Crippen LogP contribution is 2.12. The first kappa shape index (κ1) is 20.8. The van der Waals surface area contributed by atoms with Crippen molar-refractivity contribution in [1.29, 1.82) is 0 Å². The van der Waals surface area contributed by atoms with Gasteiger partial charge >= 0.3 is 5.69 Å². The number of halogens is 1. The molecule has 7 nitrogen and oxygen atoms in total. The maximum absolute atomic E-state index is 13.1. The number of rotatable bonds is 10. The molecule has 3 aromatic rings. The molecule has 29 heavy (non-hydrogen) atoms. The Morgan fingerprint density at radius 2 is 1.66 bits per heavy atom. The van der Waals surface area contributed by atoms with Crippen LogP contribution in [0.15, 0.2) is 40.2 Å². The van der Waals surface area contributed by atoms with E-state index in [-0.39, 0.29) is 30.2 Å². The fourth-order valence-electron chi connectivity index (χ4n) is 3.24. The van der Waals surface area contributed by atoms with Gasteiger partial charge in [0.1, 0.15) is 18.2 Å². The molecule has 0 atom stereocenters. The van der Waals surface area contributed by atoms with Gasteiger partial charge in [0.15, 0.2) is 11.2 Å². The quantitative estimate of drug-likeness (QED) is 0.522. The largest absolute Gasteiger partial charge is 0.492 e. The number of aryl methyl sites for hydroxylation is 2. The Morgan fingerprint density at radius 3 is 2.34 bits per heavy atom. The van der Waals surface area contributed by atoms with Crippen LogP contribution in [0.3, 0.4) is 0 Å². The summed E-state index contributed by atoms with van der Waals surface area (Å²) in [4.78, 5) is 30.5. The van der Waals surface area contributed by atoms with Crippen molar-refractivity contribution in [2.75, 3.05) is 6.61 Å². The van der Waals surface area contributed by atoms with E-state index in [2.05, 4.69) is 18.8 Å². The van der Waals surface area contributed by atoms with Crippen LogP contribution in [0.25, 0.3) is 11.2 Å². The third kappa shape index (κ3) is 4.58. The minimum atomic E-state index is -0.376. The van der Waals surface area contributed by atoms with Crippen molar-refractivity contribution < 1.29 is 9.13 Å². The van der Waals surface area contributed by atoms with Gasteiger partial charge in [-0.1, -0.05) is 26.7 Å². The Labute approximate surface area is 168 Å². The standard InChI is InChI=1S/C21H27FN4O3/c1-3-5-11-24-15-23-19-18(24)20(27)26(21(28)25(19)12-6-4-2)13-14-29-17-9-7-16(22)8-10-17/h7-10,15H,3-6,11-14H2,1-2H3. The van der Waals surface area contributed by atoms with E-state index in [0.717, 1.165) is 25.7 Å². The lowest BCUT2D eigenvalue weighted by Gasteiger charge is -2.13. The molecule has 2 heterocycles. The summed E-state index contributed by atoms with van der Waals surface area (Å²) in [7, 11) is 0. The van der Waals surface area contributed by atoms with Crippen molar-refractivity contribution >= 4 is 11.2 Å². The molecule has 0 bridgehead atoms. The van der Waals surface area contributed by atoms with Gasteiger partial charge in [0.05, 0.1) is 12.9 Å². The van der Waals surface area contributed by atoms with Crippen LogP contribution in [-0.2, 0) is 19.6 Å². The van der Waals surface area contributed by atoms with Crippen LogP contribution >= 0.6 is 0 Å². The summed E-state index contributed by atoms with van der Waals surface area (Å²) >= 11 is 0. The SMILES string of the molecule is CCCCn1cnc2c1c(=O)n(CCOc1ccc(F)cc1)c(=O)n2CCCC. The Hall–Kier alpha value is -2.90. The van der Waals surface area contributed by atoms with Crippen LogP contribution < -0.4 is 16.0 Å². The van der Waals surface area contributed by atoms with Gasteiger partial charge in [0.25, 0.3) is 5.56 Å². The summed E-state index contributed by atoms with van der Waals surface area (Å²) in [6.07, 6.45) is 5.31. The summed E-state index contributed by atoms with van der Waals surface area (Å²) in [6, 6.07) is 5.64. The molecular weight excluding hydrogens is 375 g/mol. The number of aromatic nitrogens is 4. The Balaban J connectivity index is 1.94. The predicted octanol–water partition coefficient (Wildman–Crippen LogP) is 3.18. The molecule has 0 N–H and O–H groups in total. The number of ether oxygens (including phenoxy) is 1. The second-order valence-corrected chi connectivity index (χ2v) is 7.01. The van der Waals surface area contributed by atoms with Crippen molar-refractivity contribution in [3.05, 3.63) is 57.2 Å². The lowest BCUT2D eigenvalue weighted by Crippen LogP contribution is -2.41. The second kappa shape index (κ2) is 9.54. The lowest BCUT2D eigenvalue weighted by molar-refractivity contribution is 0.291. The van der Waals surface area contributed by atoms with Crippen LogP contribution in [0.4, 0.5) is 4.39 Å². The number of benzene rings is 1. The topological polar surface area (TPSA) is 71.1 Å². The molecule has 0 saturated heterocycles. The van der Waals surface area contributed by atoms with E-state index in [1.165, 1.54) is 28.8 Å². The first-order chi connectivity index (χ1) is 14.1. The Kier molecular flexibility index (Phi) is 6.85. The summed E-state index contributed by atoms with van der Waals surface area (Å²) in [6.45, 7) is 5.56. The molecule has 0 aliphatic rings. The number of unbranched alkanes of at least 4 members (excludes halogenated alkanes) is 2. The zero-order chi connectivity index (χ0) is 20.8. The number of imidazole rings is 1. The molecule has 0 unspecified atom stereocenters. The maximum atomic E-state index is 13.1. The highest BCUT2D eigenvalue weighted by Gasteiger charge is 2.17. The molecule has 0 spiro atoms. The second-order valence-electron chi connectivity index (χ2n) is 7.01. The van der Waals surface area contributed by atoms with Gasteiger partial charge in [-0.3, -0.25) is 13.9 Å². The normalized spacial score (nSPS) is 11.3. The Bertz CT molecular complexity index is 1070. The van der Waals surface area contributed by atoms with Gasteiger partial charge in [-0.2, -0.15) is 0 Å². The number of hydrogen-bond donors (Lipinski definition) is 0. The van der Waals surface area contributed by atoms with Crippen LogP contribution in [0.2, 0.25) is 0 Å². The smallest absolute Gasteiger partial charge is 0.332 e. The highest BCUT2D eigenvalue weighted by atomic mass is 19.1. The monoisotopic (exact) mass is 402 g/mol. The molecule has 3 rings (SSSR count). The first-order valence-electron chi connectivity index (χ1n) is 10.1. The summed E-state index contributed by atoms with van der Waals surface area (Å²) in [5.41, 5.74) is 0.171. The minimum absolute atomic E-state index is 0.107. The molecule has 0 saturated carbocycles. The third-order valence-electron chi connectivity index (χ3n) is 4.87. The lowest BCUT2D eigenvalue weighted by atomic mass is 10.3. The van der Waals surface area contributed by atoms with Gasteiger partial charge in [0, 0.05) is 13.1 Å². The summed E-state index contributed by atoms with van der Waals surface area (Å²) in [5, 5.41) is 0. The van der Waals surface area contributed by atoms with Crippen LogP contribution in [0.5, 0.6) is 5.75 Å². The zero-order valence-corrected chi connectivity index (χ0v) is 16.9. The molecule has 156 valence electrons. The molecule has 0 aliphatic carbocycles. The van der Waals surface area contributed by atoms with Gasteiger partial charge in [-0.05, 0) is 37.1 Å². The Morgan fingerprint density at radius 1 is 0.966 bits per heavy atom. The molecular formula is C21H27FN4O3. The van der Waals surface area contributed by atoms with E-state index in [1.807, 2.05) is 4.57 Å². The third-order valence-corrected chi connectivity index (χ3v) is 4.87. The molecule has 0 radical (unpaired) electrons. The average molecular weight is 402 g/mol. The highest BCUT2D eigenvalue weighted by molar-refractivity contribution is 5.70. The number of fused-ring (bicyclic) bond motifs is 1. The minimum Gasteiger partial charge on any atom is -0.492 e. The van der Waals surface area contributed by atoms with Gasteiger partial charge in [-0.15, -0.1) is 0 Å². The van der Waals surface area contributed by atoms with E-state index >= 15 is 0 Å². The molecule has 0 aliphatic heterocycles. The molecule has 0 amide bonds. The van der Waals surface area contributed by atoms with E-state index in [1.54, 1.807) is 10.9 Å². The van der Waals surface area contributed by atoms with Crippen molar-refractivity contribution in [3.8, 4) is 5.75 Å². The predicted molar refractivity (Wildman–Crippen MR) is 110 cm³/mol. The summed E-state index contributed by atoms with van der Waals surface area (Å²) in [5.74, 6) is 0.137. The molecule has 1 aromatic carbocycles. The summed E-state index contributed by atoms with van der Waals surface area (Å²) < 4.78 is 23.2. The van der Waals surface area contributed by atoms with Crippen molar-refractivity contribution in [2.45, 2.75) is 59.2 Å². The van der Waals surface area contributed by atoms with Crippen LogP contribution in [0, 0.1) is 5.82 Å². The van der Waals surface area contributed by atoms with E-state index in [0.29, 0.717) is 30.0 Å². The first-order valence-corrected chi connectivity index (χ1v) is 10.1. The van der Waals surface area contributed by atoms with Crippen LogP contribution in [0.1, 0.15) is 39.5 Å². The molecule has 2 aromatic heterocycles. The number of nitrogens with zero attached hydrogens (tertiary/aromatic N) is 4. The van der Waals surface area contributed by atoms with Crippen molar-refractivity contribution in [1.82, 2.24) is 18.7 Å². The molecule has 8 heteroatoms. The van der Waals surface area contributed by atoms with E-state index < -0.39 is 0 Å².